The highest BCUT2D eigenvalue weighted by Crippen LogP contribution is 2.60. The Morgan fingerprint density at radius 3 is 2.04 bits per heavy atom. The summed E-state index contributed by atoms with van der Waals surface area (Å²) in [4.78, 5) is 23.1. The van der Waals surface area contributed by atoms with Crippen LogP contribution in [-0.4, -0.2) is 10.7 Å². The molecule has 0 amide bonds. The van der Waals surface area contributed by atoms with Gasteiger partial charge >= 0.3 is 0 Å². The fourth-order valence-corrected chi connectivity index (χ4v) is 5.47. The molecule has 0 heterocycles. The van der Waals surface area contributed by atoms with Gasteiger partial charge in [-0.25, -0.2) is 0 Å². The molecule has 4 aliphatic rings. The van der Waals surface area contributed by atoms with Gasteiger partial charge in [0.25, 0.3) is 5.69 Å². The van der Waals surface area contributed by atoms with Gasteiger partial charge < -0.3 is 0 Å². The molecular weight excluding hydrogens is 290 g/mol. The predicted molar refractivity (Wildman–Crippen MR) is 87.7 cm³/mol. The van der Waals surface area contributed by atoms with Crippen LogP contribution in [0.15, 0.2) is 30.3 Å². The summed E-state index contributed by atoms with van der Waals surface area (Å²) < 4.78 is 0. The minimum atomic E-state index is -0.409. The highest BCUT2D eigenvalue weighted by atomic mass is 16.6. The summed E-state index contributed by atoms with van der Waals surface area (Å²) in [6, 6.07) is 6.35. The second-order valence-corrected chi connectivity index (χ2v) is 7.74. The van der Waals surface area contributed by atoms with Crippen molar-refractivity contribution < 1.29 is 9.72 Å². The third-order valence-corrected chi connectivity index (χ3v) is 6.09. The van der Waals surface area contributed by atoms with Crippen LogP contribution in [0.4, 0.5) is 5.69 Å². The number of allylic oxidation sites excluding steroid dienone is 1. The van der Waals surface area contributed by atoms with Gasteiger partial charge in [0.15, 0.2) is 5.78 Å². The quantitative estimate of drug-likeness (QED) is 0.470. The van der Waals surface area contributed by atoms with Gasteiger partial charge in [0, 0.05) is 17.5 Å². The van der Waals surface area contributed by atoms with Gasteiger partial charge in [0.2, 0.25) is 0 Å². The van der Waals surface area contributed by atoms with Gasteiger partial charge in [-0.3, -0.25) is 14.9 Å². The molecule has 1 aromatic rings. The Labute approximate surface area is 135 Å². The Balaban J connectivity index is 1.50. The molecule has 4 nitrogen and oxygen atoms in total. The van der Waals surface area contributed by atoms with E-state index in [4.69, 9.17) is 0 Å². The highest BCUT2D eigenvalue weighted by Gasteiger charge is 2.53. The van der Waals surface area contributed by atoms with Gasteiger partial charge in [0.1, 0.15) is 0 Å². The van der Waals surface area contributed by atoms with Crippen LogP contribution in [-0.2, 0) is 4.79 Å². The molecule has 0 radical (unpaired) electrons. The second kappa shape index (κ2) is 5.29. The van der Waals surface area contributed by atoms with Crippen molar-refractivity contribution in [1.82, 2.24) is 0 Å². The molecular formula is C19H21NO3. The van der Waals surface area contributed by atoms with Crippen LogP contribution in [0.3, 0.4) is 0 Å². The normalized spacial score (nSPS) is 34.9. The van der Waals surface area contributed by atoms with Crippen LogP contribution < -0.4 is 0 Å². The molecule has 1 aromatic carbocycles. The van der Waals surface area contributed by atoms with Crippen LogP contribution >= 0.6 is 0 Å². The molecule has 5 rings (SSSR count). The maximum atomic E-state index is 12.9. The van der Waals surface area contributed by atoms with E-state index in [1.807, 2.05) is 6.08 Å². The number of nitro groups is 1. The van der Waals surface area contributed by atoms with E-state index in [9.17, 15) is 14.9 Å². The zero-order chi connectivity index (χ0) is 16.0. The molecule has 4 saturated carbocycles. The van der Waals surface area contributed by atoms with Crippen molar-refractivity contribution in [3.05, 3.63) is 46.0 Å². The number of nitrogens with zero attached hydrogens (tertiary/aromatic N) is 1. The standard InChI is InChI=1S/C19H21NO3/c21-18(6-3-13-1-4-17(5-2-13)20(22)23)19-10-14-7-15(11-19)9-16(8-14)12-19/h1-6,14-16H,7-12H2/b6-3+. The topological polar surface area (TPSA) is 60.2 Å². The second-order valence-electron chi connectivity index (χ2n) is 7.74. The van der Waals surface area contributed by atoms with E-state index in [0.29, 0.717) is 0 Å². The first-order valence-corrected chi connectivity index (χ1v) is 8.51. The molecule has 0 N–H and O–H groups in total. The summed E-state index contributed by atoms with van der Waals surface area (Å²) in [5.41, 5.74) is 0.815. The van der Waals surface area contributed by atoms with Gasteiger partial charge in [-0.2, -0.15) is 0 Å². The summed E-state index contributed by atoms with van der Waals surface area (Å²) in [7, 11) is 0. The fourth-order valence-electron chi connectivity index (χ4n) is 5.47. The van der Waals surface area contributed by atoms with E-state index < -0.39 is 4.92 Å². The highest BCUT2D eigenvalue weighted by molar-refractivity contribution is 5.98. The van der Waals surface area contributed by atoms with Crippen molar-refractivity contribution in [1.29, 1.82) is 0 Å². The number of nitro benzene ring substituents is 1. The molecule has 0 saturated heterocycles. The first-order valence-electron chi connectivity index (χ1n) is 8.51. The Bertz CT molecular complexity index is 639. The number of non-ortho nitro benzene ring substituents is 1. The third-order valence-electron chi connectivity index (χ3n) is 6.09. The lowest BCUT2D eigenvalue weighted by Crippen LogP contribution is -2.49. The van der Waals surface area contributed by atoms with E-state index in [1.54, 1.807) is 18.2 Å². The maximum absolute atomic E-state index is 12.9. The Hall–Kier alpha value is -1.97. The van der Waals surface area contributed by atoms with Crippen molar-refractivity contribution in [3.63, 3.8) is 0 Å². The average Bonchev–Trinajstić information content (AvgIpc) is 2.51. The van der Waals surface area contributed by atoms with Crippen LogP contribution in [0.25, 0.3) is 6.08 Å². The lowest BCUT2D eigenvalue weighted by atomic mass is 9.48. The summed E-state index contributed by atoms with van der Waals surface area (Å²) in [5, 5.41) is 10.7. The number of benzene rings is 1. The number of carbonyl (C=O) groups excluding carboxylic acids is 1. The van der Waals surface area contributed by atoms with E-state index in [0.717, 1.165) is 42.6 Å². The van der Waals surface area contributed by atoms with Crippen LogP contribution in [0.2, 0.25) is 0 Å². The zero-order valence-corrected chi connectivity index (χ0v) is 13.1. The molecule has 0 atom stereocenters. The molecule has 0 spiro atoms. The molecule has 23 heavy (non-hydrogen) atoms. The van der Waals surface area contributed by atoms with E-state index in [2.05, 4.69) is 0 Å². The number of hydrogen-bond donors (Lipinski definition) is 0. The summed E-state index contributed by atoms with van der Waals surface area (Å²) in [6.07, 6.45) is 10.7. The fraction of sp³-hybridized carbons (Fsp3) is 0.526. The first kappa shape index (κ1) is 14.6. The first-order chi connectivity index (χ1) is 11.0. The van der Waals surface area contributed by atoms with Gasteiger partial charge in [-0.05, 0) is 80.1 Å². The molecule has 120 valence electrons. The van der Waals surface area contributed by atoms with Crippen molar-refractivity contribution in [3.8, 4) is 0 Å². The molecule has 4 heteroatoms. The predicted octanol–water partition coefficient (Wildman–Crippen LogP) is 4.39. The Morgan fingerprint density at radius 1 is 1.04 bits per heavy atom. The third kappa shape index (κ3) is 2.60. The smallest absolute Gasteiger partial charge is 0.269 e. The maximum Gasteiger partial charge on any atom is 0.269 e. The van der Waals surface area contributed by atoms with Crippen molar-refractivity contribution in [2.75, 3.05) is 0 Å². The minimum Gasteiger partial charge on any atom is -0.294 e. The van der Waals surface area contributed by atoms with Crippen molar-refractivity contribution >= 4 is 17.5 Å². The van der Waals surface area contributed by atoms with Crippen LogP contribution in [0.1, 0.15) is 44.1 Å². The number of carbonyl (C=O) groups is 1. The molecule has 4 aliphatic carbocycles. The van der Waals surface area contributed by atoms with Crippen LogP contribution in [0, 0.1) is 33.3 Å². The lowest BCUT2D eigenvalue weighted by molar-refractivity contribution is -0.384. The summed E-state index contributed by atoms with van der Waals surface area (Å²) in [6.45, 7) is 0. The largest absolute Gasteiger partial charge is 0.294 e. The van der Waals surface area contributed by atoms with E-state index >= 15 is 0 Å². The lowest BCUT2D eigenvalue weighted by Gasteiger charge is -2.55. The van der Waals surface area contributed by atoms with E-state index in [1.165, 1.54) is 31.4 Å². The molecule has 4 bridgehead atoms. The van der Waals surface area contributed by atoms with Crippen LogP contribution in [0.5, 0.6) is 0 Å². The Kier molecular flexibility index (Phi) is 3.36. The van der Waals surface area contributed by atoms with Gasteiger partial charge in [-0.1, -0.05) is 6.08 Å². The molecule has 4 fully saturated rings. The summed E-state index contributed by atoms with van der Waals surface area (Å²) in [5.74, 6) is 2.56. The number of ketones is 1. The minimum absolute atomic E-state index is 0.0783. The SMILES string of the molecule is O=C(/C=C/c1ccc([N+](=O)[O-])cc1)C12CC3CC(CC(C3)C1)C2. The Morgan fingerprint density at radius 2 is 1.57 bits per heavy atom. The molecule has 0 aromatic heterocycles. The van der Waals surface area contributed by atoms with Gasteiger partial charge in [0.05, 0.1) is 4.92 Å². The van der Waals surface area contributed by atoms with Crippen molar-refractivity contribution in [2.45, 2.75) is 38.5 Å². The summed E-state index contributed by atoms with van der Waals surface area (Å²) >= 11 is 0. The van der Waals surface area contributed by atoms with E-state index in [-0.39, 0.29) is 16.9 Å². The van der Waals surface area contributed by atoms with Gasteiger partial charge in [-0.15, -0.1) is 0 Å². The monoisotopic (exact) mass is 311 g/mol. The number of hydrogen-bond acceptors (Lipinski definition) is 3. The number of rotatable bonds is 4. The average molecular weight is 311 g/mol. The zero-order valence-electron chi connectivity index (χ0n) is 13.1. The van der Waals surface area contributed by atoms with Crippen molar-refractivity contribution in [2.24, 2.45) is 23.2 Å². The molecule has 0 unspecified atom stereocenters. The molecule has 0 aliphatic heterocycles.